The Morgan fingerprint density at radius 2 is 2.20 bits per heavy atom. The third kappa shape index (κ3) is 3.00. The van der Waals surface area contributed by atoms with Gasteiger partial charge < -0.3 is 10.4 Å². The van der Waals surface area contributed by atoms with Crippen molar-refractivity contribution in [1.29, 1.82) is 0 Å². The van der Waals surface area contributed by atoms with Gasteiger partial charge in [0.05, 0.1) is 4.92 Å². The molecule has 0 fully saturated rings. The first-order chi connectivity index (χ1) is 9.59. The lowest BCUT2D eigenvalue weighted by Crippen LogP contribution is -2.05. The molecule has 0 saturated heterocycles. The molecular weight excluding hydrogens is 262 g/mol. The number of hydrogen-bond donors (Lipinski definition) is 2. The molecule has 0 aliphatic heterocycles. The lowest BCUT2D eigenvalue weighted by Gasteiger charge is -2.09. The maximum atomic E-state index is 10.9. The van der Waals surface area contributed by atoms with Crippen LogP contribution >= 0.6 is 0 Å². The Kier molecular flexibility index (Phi) is 4.09. The molecule has 0 unspecified atom stereocenters. The molecule has 0 atom stereocenters. The normalized spacial score (nSPS) is 10.4. The van der Waals surface area contributed by atoms with E-state index in [1.54, 1.807) is 18.2 Å². The molecule has 7 heteroatoms. The topological polar surface area (TPSA) is 105 Å². The van der Waals surface area contributed by atoms with Gasteiger partial charge in [-0.1, -0.05) is 0 Å². The number of nitro groups is 1. The minimum atomic E-state index is -0.845. The van der Waals surface area contributed by atoms with Crippen molar-refractivity contribution in [2.45, 2.75) is 12.8 Å². The lowest BCUT2D eigenvalue weighted by molar-refractivity contribution is -0.383. The molecule has 1 heterocycles. The Bertz CT molecular complexity index is 657. The zero-order valence-electron chi connectivity index (χ0n) is 10.6. The van der Waals surface area contributed by atoms with E-state index in [9.17, 15) is 14.9 Å². The molecule has 1 aromatic carbocycles. The van der Waals surface area contributed by atoms with Crippen LogP contribution in [0.4, 0.5) is 11.4 Å². The van der Waals surface area contributed by atoms with Gasteiger partial charge in [0.25, 0.3) is 5.69 Å². The van der Waals surface area contributed by atoms with Crippen LogP contribution in [-0.2, 0) is 4.79 Å². The minimum Gasteiger partial charge on any atom is -0.481 e. The highest BCUT2D eigenvalue weighted by Crippen LogP contribution is 2.29. The van der Waals surface area contributed by atoms with Gasteiger partial charge in [-0.3, -0.25) is 14.9 Å². The number of rotatable bonds is 6. The van der Waals surface area contributed by atoms with Gasteiger partial charge in [-0.25, -0.2) is 4.98 Å². The average molecular weight is 275 g/mol. The van der Waals surface area contributed by atoms with E-state index in [1.807, 2.05) is 0 Å². The summed E-state index contributed by atoms with van der Waals surface area (Å²) in [7, 11) is 0. The lowest BCUT2D eigenvalue weighted by atomic mass is 10.1. The van der Waals surface area contributed by atoms with Crippen molar-refractivity contribution in [2.24, 2.45) is 0 Å². The van der Waals surface area contributed by atoms with E-state index in [1.165, 1.54) is 12.3 Å². The number of aromatic nitrogens is 1. The Labute approximate surface area is 114 Å². The second kappa shape index (κ2) is 5.96. The second-order valence-corrected chi connectivity index (χ2v) is 4.21. The number of carbonyl (C=O) groups is 1. The molecule has 20 heavy (non-hydrogen) atoms. The van der Waals surface area contributed by atoms with Crippen LogP contribution in [0.15, 0.2) is 30.5 Å². The molecule has 0 spiro atoms. The average Bonchev–Trinajstić information content (AvgIpc) is 2.43. The quantitative estimate of drug-likeness (QED) is 0.476. The summed E-state index contributed by atoms with van der Waals surface area (Å²) in [5.74, 6) is -0.845. The predicted molar refractivity (Wildman–Crippen MR) is 73.8 cm³/mol. The predicted octanol–water partition coefficient (Wildman–Crippen LogP) is 2.42. The Balaban J connectivity index is 2.24. The molecule has 7 nitrogen and oxygen atoms in total. The first-order valence-electron chi connectivity index (χ1n) is 6.07. The number of non-ortho nitro benzene ring substituents is 1. The van der Waals surface area contributed by atoms with Gasteiger partial charge in [0.15, 0.2) is 0 Å². The zero-order valence-corrected chi connectivity index (χ0v) is 10.6. The highest BCUT2D eigenvalue weighted by atomic mass is 16.6. The number of hydrogen-bond acceptors (Lipinski definition) is 5. The molecule has 0 amide bonds. The zero-order chi connectivity index (χ0) is 14.5. The monoisotopic (exact) mass is 275 g/mol. The van der Waals surface area contributed by atoms with Crippen LogP contribution in [0.25, 0.3) is 10.9 Å². The van der Waals surface area contributed by atoms with Gasteiger partial charge in [-0.15, -0.1) is 0 Å². The van der Waals surface area contributed by atoms with Crippen LogP contribution in [0.5, 0.6) is 0 Å². The Hall–Kier alpha value is -2.70. The van der Waals surface area contributed by atoms with Gasteiger partial charge in [0, 0.05) is 36.3 Å². The fraction of sp³-hybridized carbons (Fsp3) is 0.231. The summed E-state index contributed by atoms with van der Waals surface area (Å²) in [5, 5.41) is 23.2. The fourth-order valence-corrected chi connectivity index (χ4v) is 1.92. The molecule has 2 rings (SSSR count). The summed E-state index contributed by atoms with van der Waals surface area (Å²) in [6, 6.07) is 6.46. The molecule has 1 aromatic heterocycles. The SMILES string of the molecule is O=C(O)CCCNc1ccc([N+](=O)[O-])c2ncccc12. The molecule has 0 saturated carbocycles. The van der Waals surface area contributed by atoms with E-state index in [-0.39, 0.29) is 12.1 Å². The third-order valence-corrected chi connectivity index (χ3v) is 2.83. The molecule has 0 radical (unpaired) electrons. The van der Waals surface area contributed by atoms with E-state index >= 15 is 0 Å². The van der Waals surface area contributed by atoms with Gasteiger partial charge in [-0.2, -0.15) is 0 Å². The van der Waals surface area contributed by atoms with Crippen LogP contribution in [0.2, 0.25) is 0 Å². The number of anilines is 1. The number of nitrogens with zero attached hydrogens (tertiary/aromatic N) is 2. The molecule has 0 aliphatic carbocycles. The number of aliphatic carboxylic acids is 1. The van der Waals surface area contributed by atoms with Crippen LogP contribution in [-0.4, -0.2) is 27.5 Å². The molecule has 2 N–H and O–H groups in total. The number of fused-ring (bicyclic) bond motifs is 1. The summed E-state index contributed by atoms with van der Waals surface area (Å²) in [6.45, 7) is 0.480. The van der Waals surface area contributed by atoms with E-state index in [0.29, 0.717) is 29.6 Å². The fourth-order valence-electron chi connectivity index (χ4n) is 1.92. The van der Waals surface area contributed by atoms with Gasteiger partial charge in [-0.05, 0) is 24.6 Å². The van der Waals surface area contributed by atoms with Gasteiger partial charge in [0.2, 0.25) is 0 Å². The highest BCUT2D eigenvalue weighted by Gasteiger charge is 2.14. The number of pyridine rings is 1. The first-order valence-corrected chi connectivity index (χ1v) is 6.07. The maximum Gasteiger partial charge on any atom is 0.303 e. The van der Waals surface area contributed by atoms with Crippen molar-refractivity contribution < 1.29 is 14.8 Å². The van der Waals surface area contributed by atoms with Crippen molar-refractivity contribution >= 4 is 28.2 Å². The second-order valence-electron chi connectivity index (χ2n) is 4.21. The van der Waals surface area contributed by atoms with Crippen molar-refractivity contribution in [1.82, 2.24) is 4.98 Å². The largest absolute Gasteiger partial charge is 0.481 e. The van der Waals surface area contributed by atoms with E-state index < -0.39 is 10.9 Å². The first kappa shape index (κ1) is 13.7. The minimum absolute atomic E-state index is 0.0447. The molecule has 2 aromatic rings. The van der Waals surface area contributed by atoms with E-state index in [0.717, 1.165) is 0 Å². The van der Waals surface area contributed by atoms with Crippen LogP contribution in [0.1, 0.15) is 12.8 Å². The van der Waals surface area contributed by atoms with Gasteiger partial charge >= 0.3 is 5.97 Å². The van der Waals surface area contributed by atoms with Gasteiger partial charge in [0.1, 0.15) is 5.52 Å². The van der Waals surface area contributed by atoms with Crippen molar-refractivity contribution in [3.05, 3.63) is 40.6 Å². The highest BCUT2D eigenvalue weighted by molar-refractivity contribution is 5.96. The molecular formula is C13H13N3O4. The Morgan fingerprint density at radius 3 is 2.90 bits per heavy atom. The smallest absolute Gasteiger partial charge is 0.303 e. The summed E-state index contributed by atoms with van der Waals surface area (Å²) in [6.07, 6.45) is 2.06. The number of nitro benzene ring substituents is 1. The van der Waals surface area contributed by atoms with Crippen molar-refractivity contribution in [2.75, 3.05) is 11.9 Å². The summed E-state index contributed by atoms with van der Waals surface area (Å²) in [4.78, 5) is 24.9. The number of carboxylic acids is 1. The molecule has 0 aliphatic rings. The van der Waals surface area contributed by atoms with Crippen molar-refractivity contribution in [3.8, 4) is 0 Å². The van der Waals surface area contributed by atoms with Crippen LogP contribution in [0.3, 0.4) is 0 Å². The van der Waals surface area contributed by atoms with Crippen molar-refractivity contribution in [3.63, 3.8) is 0 Å². The molecule has 104 valence electrons. The number of benzene rings is 1. The summed E-state index contributed by atoms with van der Waals surface area (Å²) >= 11 is 0. The summed E-state index contributed by atoms with van der Waals surface area (Å²) in [5.41, 5.74) is 0.988. The molecule has 0 bridgehead atoms. The van der Waals surface area contributed by atoms with E-state index in [4.69, 9.17) is 5.11 Å². The standard InChI is InChI=1S/C13H13N3O4/c17-12(18)4-2-7-14-10-5-6-11(16(19)20)13-9(10)3-1-8-15-13/h1,3,5-6,8,14H,2,4,7H2,(H,17,18). The summed E-state index contributed by atoms with van der Waals surface area (Å²) < 4.78 is 0. The van der Waals surface area contributed by atoms with Crippen LogP contribution in [0, 0.1) is 10.1 Å². The third-order valence-electron chi connectivity index (χ3n) is 2.83. The maximum absolute atomic E-state index is 10.9. The van der Waals surface area contributed by atoms with E-state index in [2.05, 4.69) is 10.3 Å². The van der Waals surface area contributed by atoms with Crippen LogP contribution < -0.4 is 5.32 Å². The Morgan fingerprint density at radius 1 is 1.40 bits per heavy atom. The number of nitrogens with one attached hydrogen (secondary N) is 1. The number of carboxylic acid groups (broad SMARTS) is 1.